The van der Waals surface area contributed by atoms with Crippen LogP contribution in [0.3, 0.4) is 0 Å². The van der Waals surface area contributed by atoms with Gasteiger partial charge in [-0.25, -0.2) is 0 Å². The number of hydrogen-bond donors (Lipinski definition) is 1. The van der Waals surface area contributed by atoms with Crippen molar-refractivity contribution in [2.75, 3.05) is 19.3 Å². The summed E-state index contributed by atoms with van der Waals surface area (Å²) in [5.74, 6) is -0.0134. The molecule has 4 heteroatoms. The van der Waals surface area contributed by atoms with Crippen molar-refractivity contribution in [2.24, 2.45) is 0 Å². The molecule has 0 aromatic heterocycles. The summed E-state index contributed by atoms with van der Waals surface area (Å²) in [5, 5.41) is 0. The van der Waals surface area contributed by atoms with Crippen molar-refractivity contribution in [2.45, 2.75) is 6.92 Å². The second-order valence-electron chi connectivity index (χ2n) is 3.09. The lowest BCUT2D eigenvalue weighted by molar-refractivity contribution is 0.0802. The quantitative estimate of drug-likeness (QED) is 0.825. The summed E-state index contributed by atoms with van der Waals surface area (Å²) in [5.41, 5.74) is 6.84. The third kappa shape index (κ3) is 2.48. The van der Waals surface area contributed by atoms with Gasteiger partial charge in [0.15, 0.2) is 0 Å². The molecule has 1 aromatic rings. The van der Waals surface area contributed by atoms with Crippen LogP contribution in [0.4, 0.5) is 5.69 Å². The van der Waals surface area contributed by atoms with Gasteiger partial charge in [0.2, 0.25) is 0 Å². The molecule has 0 aliphatic carbocycles. The van der Waals surface area contributed by atoms with Crippen LogP contribution in [0.15, 0.2) is 22.7 Å². The van der Waals surface area contributed by atoms with Gasteiger partial charge in [0, 0.05) is 29.3 Å². The fourth-order valence-corrected chi connectivity index (χ4v) is 1.61. The highest BCUT2D eigenvalue weighted by Crippen LogP contribution is 2.18. The first kappa shape index (κ1) is 11.0. The van der Waals surface area contributed by atoms with Crippen molar-refractivity contribution in [1.29, 1.82) is 0 Å². The van der Waals surface area contributed by atoms with Gasteiger partial charge in [0.25, 0.3) is 5.91 Å². The molecule has 0 heterocycles. The van der Waals surface area contributed by atoms with E-state index in [4.69, 9.17) is 5.73 Å². The Morgan fingerprint density at radius 3 is 2.64 bits per heavy atom. The van der Waals surface area contributed by atoms with E-state index in [2.05, 4.69) is 15.9 Å². The third-order valence-electron chi connectivity index (χ3n) is 1.99. The number of rotatable bonds is 2. The van der Waals surface area contributed by atoms with Crippen LogP contribution in [0.25, 0.3) is 0 Å². The van der Waals surface area contributed by atoms with Crippen molar-refractivity contribution >= 4 is 27.5 Å². The summed E-state index contributed by atoms with van der Waals surface area (Å²) < 4.78 is 0.824. The molecule has 0 fully saturated rings. The van der Waals surface area contributed by atoms with Gasteiger partial charge in [-0.15, -0.1) is 0 Å². The molecule has 1 amide bonds. The van der Waals surface area contributed by atoms with Crippen molar-refractivity contribution in [3.8, 4) is 0 Å². The van der Waals surface area contributed by atoms with Gasteiger partial charge in [-0.05, 0) is 25.1 Å². The first-order valence-electron chi connectivity index (χ1n) is 4.36. The fourth-order valence-electron chi connectivity index (χ4n) is 1.10. The lowest BCUT2D eigenvalue weighted by Crippen LogP contribution is -2.26. The van der Waals surface area contributed by atoms with Gasteiger partial charge in [0.05, 0.1) is 0 Å². The highest BCUT2D eigenvalue weighted by Gasteiger charge is 2.10. The topological polar surface area (TPSA) is 46.3 Å². The fraction of sp³-hybridized carbons (Fsp3) is 0.300. The summed E-state index contributed by atoms with van der Waals surface area (Å²) in [6, 6.07) is 5.22. The number of carbonyl (C=O) groups is 1. The zero-order valence-corrected chi connectivity index (χ0v) is 9.84. The summed E-state index contributed by atoms with van der Waals surface area (Å²) in [6.07, 6.45) is 0. The molecule has 76 valence electrons. The average Bonchev–Trinajstić information content (AvgIpc) is 2.14. The molecule has 0 atom stereocenters. The predicted molar refractivity (Wildman–Crippen MR) is 61.2 cm³/mol. The minimum Gasteiger partial charge on any atom is -0.399 e. The number of anilines is 1. The average molecular weight is 257 g/mol. The second kappa shape index (κ2) is 4.46. The van der Waals surface area contributed by atoms with Crippen LogP contribution in [0.2, 0.25) is 0 Å². The lowest BCUT2D eigenvalue weighted by Gasteiger charge is -2.14. The summed E-state index contributed by atoms with van der Waals surface area (Å²) in [7, 11) is 1.76. The predicted octanol–water partition coefficient (Wildman–Crippen LogP) is 2.12. The van der Waals surface area contributed by atoms with Gasteiger partial charge in [-0.1, -0.05) is 15.9 Å². The Morgan fingerprint density at radius 1 is 1.50 bits per heavy atom. The third-order valence-corrected chi connectivity index (χ3v) is 2.45. The minimum atomic E-state index is -0.0134. The molecular formula is C10H13BrN2O. The minimum absolute atomic E-state index is 0.0134. The molecular weight excluding hydrogens is 244 g/mol. The number of halogens is 1. The van der Waals surface area contributed by atoms with Gasteiger partial charge in [-0.3, -0.25) is 4.79 Å². The monoisotopic (exact) mass is 256 g/mol. The van der Waals surface area contributed by atoms with Crippen molar-refractivity contribution in [3.63, 3.8) is 0 Å². The maximum Gasteiger partial charge on any atom is 0.253 e. The molecule has 0 aliphatic heterocycles. The Kier molecular flexibility index (Phi) is 3.52. The van der Waals surface area contributed by atoms with Crippen molar-refractivity contribution < 1.29 is 4.79 Å². The zero-order chi connectivity index (χ0) is 10.7. The number of amides is 1. The molecule has 0 aliphatic rings. The highest BCUT2D eigenvalue weighted by molar-refractivity contribution is 9.10. The molecule has 0 radical (unpaired) electrons. The number of nitrogens with zero attached hydrogens (tertiary/aromatic N) is 1. The summed E-state index contributed by atoms with van der Waals surface area (Å²) in [4.78, 5) is 13.4. The Hall–Kier alpha value is -1.03. The van der Waals surface area contributed by atoms with Crippen LogP contribution in [0, 0.1) is 0 Å². The maximum atomic E-state index is 11.7. The molecule has 0 saturated carbocycles. The van der Waals surface area contributed by atoms with Gasteiger partial charge < -0.3 is 10.6 Å². The number of hydrogen-bond acceptors (Lipinski definition) is 2. The SMILES string of the molecule is CCN(C)C(=O)c1cc(N)cc(Br)c1. The van der Waals surface area contributed by atoms with Crippen LogP contribution in [0.5, 0.6) is 0 Å². The molecule has 0 spiro atoms. The molecule has 2 N–H and O–H groups in total. The molecule has 0 bridgehead atoms. The zero-order valence-electron chi connectivity index (χ0n) is 8.25. The number of nitrogens with two attached hydrogens (primary N) is 1. The summed E-state index contributed by atoms with van der Waals surface area (Å²) >= 11 is 3.30. The molecule has 1 rings (SSSR count). The highest BCUT2D eigenvalue weighted by atomic mass is 79.9. The number of benzene rings is 1. The Bertz CT molecular complexity index is 332. The standard InChI is InChI=1S/C10H13BrN2O/c1-3-13(2)10(14)7-4-8(11)6-9(12)5-7/h4-6H,3,12H2,1-2H3. The second-order valence-corrected chi connectivity index (χ2v) is 4.01. The Labute approximate surface area is 92.0 Å². The first-order chi connectivity index (χ1) is 6.54. The van der Waals surface area contributed by atoms with E-state index in [9.17, 15) is 4.79 Å². The van der Waals surface area contributed by atoms with E-state index < -0.39 is 0 Å². The molecule has 0 saturated heterocycles. The Balaban J connectivity index is 3.01. The lowest BCUT2D eigenvalue weighted by atomic mass is 10.2. The van der Waals surface area contributed by atoms with Crippen LogP contribution in [0.1, 0.15) is 17.3 Å². The van der Waals surface area contributed by atoms with E-state index in [0.717, 1.165) is 4.47 Å². The van der Waals surface area contributed by atoms with E-state index in [-0.39, 0.29) is 5.91 Å². The molecule has 1 aromatic carbocycles. The van der Waals surface area contributed by atoms with Crippen LogP contribution >= 0.6 is 15.9 Å². The molecule has 0 unspecified atom stereocenters. The van der Waals surface area contributed by atoms with Crippen LogP contribution in [-0.2, 0) is 0 Å². The van der Waals surface area contributed by atoms with Crippen LogP contribution < -0.4 is 5.73 Å². The van der Waals surface area contributed by atoms with Crippen LogP contribution in [-0.4, -0.2) is 24.4 Å². The number of carbonyl (C=O) groups excluding carboxylic acids is 1. The number of nitrogen functional groups attached to an aromatic ring is 1. The van der Waals surface area contributed by atoms with E-state index in [1.807, 2.05) is 6.92 Å². The van der Waals surface area contributed by atoms with E-state index in [0.29, 0.717) is 17.8 Å². The Morgan fingerprint density at radius 2 is 2.14 bits per heavy atom. The normalized spacial score (nSPS) is 9.93. The maximum absolute atomic E-state index is 11.7. The van der Waals surface area contributed by atoms with E-state index in [1.165, 1.54) is 0 Å². The molecule has 3 nitrogen and oxygen atoms in total. The van der Waals surface area contributed by atoms with Gasteiger partial charge in [-0.2, -0.15) is 0 Å². The molecule has 14 heavy (non-hydrogen) atoms. The van der Waals surface area contributed by atoms with Crippen molar-refractivity contribution in [1.82, 2.24) is 4.90 Å². The van der Waals surface area contributed by atoms with Crippen molar-refractivity contribution in [3.05, 3.63) is 28.2 Å². The van der Waals surface area contributed by atoms with Gasteiger partial charge in [0.1, 0.15) is 0 Å². The largest absolute Gasteiger partial charge is 0.399 e. The first-order valence-corrected chi connectivity index (χ1v) is 5.15. The summed E-state index contributed by atoms with van der Waals surface area (Å²) in [6.45, 7) is 2.62. The van der Waals surface area contributed by atoms with Gasteiger partial charge >= 0.3 is 0 Å². The smallest absolute Gasteiger partial charge is 0.253 e. The van der Waals surface area contributed by atoms with E-state index >= 15 is 0 Å². The van der Waals surface area contributed by atoms with E-state index in [1.54, 1.807) is 30.1 Å².